The van der Waals surface area contributed by atoms with Crippen molar-refractivity contribution in [3.05, 3.63) is 35.4 Å². The summed E-state index contributed by atoms with van der Waals surface area (Å²) >= 11 is 0. The van der Waals surface area contributed by atoms with Crippen molar-refractivity contribution in [3.63, 3.8) is 0 Å². The highest BCUT2D eigenvalue weighted by Gasteiger charge is 2.26. The van der Waals surface area contributed by atoms with Crippen LogP contribution in [0.2, 0.25) is 0 Å². The highest BCUT2D eigenvalue weighted by molar-refractivity contribution is 5.94. The van der Waals surface area contributed by atoms with Crippen molar-refractivity contribution in [1.82, 2.24) is 9.80 Å². The van der Waals surface area contributed by atoms with Crippen LogP contribution in [0, 0.1) is 5.92 Å². The number of carbonyl (C=O) groups excluding carboxylic acids is 1. The van der Waals surface area contributed by atoms with Crippen molar-refractivity contribution in [3.8, 4) is 0 Å². The molecule has 1 amide bonds. The van der Waals surface area contributed by atoms with Crippen LogP contribution in [0.5, 0.6) is 0 Å². The fourth-order valence-corrected chi connectivity index (χ4v) is 3.58. The molecule has 1 aromatic rings. The topological polar surface area (TPSA) is 58.8 Å². The molecule has 0 bridgehead atoms. The predicted octanol–water partition coefficient (Wildman–Crippen LogP) is 1.72. The molecule has 3 rings (SSSR count). The summed E-state index contributed by atoms with van der Waals surface area (Å²) in [6.45, 7) is 8.18. The van der Waals surface area contributed by atoms with Gasteiger partial charge in [0.1, 0.15) is 0 Å². The first-order valence-electron chi connectivity index (χ1n) is 9.07. The van der Waals surface area contributed by atoms with E-state index in [0.717, 1.165) is 64.3 Å². The number of likely N-dealkylation sites (tertiary alicyclic amines) is 1. The van der Waals surface area contributed by atoms with Crippen LogP contribution in [-0.2, 0) is 11.3 Å². The Morgan fingerprint density at radius 3 is 2.62 bits per heavy atom. The van der Waals surface area contributed by atoms with Gasteiger partial charge in [0.25, 0.3) is 5.91 Å². The zero-order valence-electron chi connectivity index (χ0n) is 14.6. The average Bonchev–Trinajstić information content (AvgIpc) is 2.63. The van der Waals surface area contributed by atoms with Gasteiger partial charge >= 0.3 is 0 Å². The molecule has 2 fully saturated rings. The van der Waals surface area contributed by atoms with Crippen molar-refractivity contribution in [2.45, 2.75) is 32.4 Å². The van der Waals surface area contributed by atoms with Crippen molar-refractivity contribution < 1.29 is 9.53 Å². The van der Waals surface area contributed by atoms with Gasteiger partial charge in [0.2, 0.25) is 0 Å². The summed E-state index contributed by atoms with van der Waals surface area (Å²) in [6.07, 6.45) is 2.17. The maximum atomic E-state index is 12.7. The van der Waals surface area contributed by atoms with E-state index in [9.17, 15) is 4.79 Å². The first-order valence-corrected chi connectivity index (χ1v) is 9.07. The van der Waals surface area contributed by atoms with Gasteiger partial charge < -0.3 is 15.4 Å². The number of amides is 1. The first-order chi connectivity index (χ1) is 11.6. The molecule has 0 radical (unpaired) electrons. The number of rotatable bonds is 4. The van der Waals surface area contributed by atoms with Crippen LogP contribution in [0.4, 0.5) is 0 Å². The fraction of sp³-hybridized carbons (Fsp3) is 0.632. The van der Waals surface area contributed by atoms with E-state index in [1.807, 2.05) is 24.0 Å². The summed E-state index contributed by atoms with van der Waals surface area (Å²) in [5, 5.41) is 0. The van der Waals surface area contributed by atoms with E-state index in [4.69, 9.17) is 10.5 Å². The molecule has 2 saturated heterocycles. The van der Waals surface area contributed by atoms with Crippen LogP contribution in [0.3, 0.4) is 0 Å². The van der Waals surface area contributed by atoms with Crippen LogP contribution in [0.1, 0.15) is 35.7 Å². The van der Waals surface area contributed by atoms with E-state index in [-0.39, 0.29) is 11.9 Å². The van der Waals surface area contributed by atoms with E-state index in [0.29, 0.717) is 5.92 Å². The molecule has 0 aliphatic carbocycles. The van der Waals surface area contributed by atoms with Crippen LogP contribution >= 0.6 is 0 Å². The van der Waals surface area contributed by atoms with Crippen LogP contribution in [-0.4, -0.2) is 61.1 Å². The molecule has 0 saturated carbocycles. The molecule has 5 nitrogen and oxygen atoms in total. The van der Waals surface area contributed by atoms with Gasteiger partial charge in [-0.1, -0.05) is 12.1 Å². The Hall–Kier alpha value is -1.43. The second-order valence-electron chi connectivity index (χ2n) is 7.10. The third-order valence-corrected chi connectivity index (χ3v) is 5.20. The standard InChI is InChI=1S/C19H29N3O2/c1-15(20)18-3-2-8-22(14-18)19(23)17-6-4-16(5-7-17)13-21-9-11-24-12-10-21/h4-7,15,18H,2-3,8-14,20H2,1H3. The molecule has 2 unspecified atom stereocenters. The first kappa shape index (κ1) is 17.4. The number of nitrogens with zero attached hydrogens (tertiary/aromatic N) is 2. The number of piperidine rings is 1. The second-order valence-corrected chi connectivity index (χ2v) is 7.10. The van der Waals surface area contributed by atoms with Crippen LogP contribution < -0.4 is 5.73 Å². The molecule has 2 aliphatic heterocycles. The quantitative estimate of drug-likeness (QED) is 0.913. The normalized spacial score (nSPS) is 23.9. The second kappa shape index (κ2) is 8.10. The molecule has 2 N–H and O–H groups in total. The van der Waals surface area contributed by atoms with Crippen LogP contribution in [0.15, 0.2) is 24.3 Å². The number of benzene rings is 1. The van der Waals surface area contributed by atoms with E-state index in [1.54, 1.807) is 0 Å². The van der Waals surface area contributed by atoms with Crippen molar-refractivity contribution in [2.75, 3.05) is 39.4 Å². The van der Waals surface area contributed by atoms with E-state index in [2.05, 4.69) is 17.0 Å². The lowest BCUT2D eigenvalue weighted by atomic mass is 9.92. The third-order valence-electron chi connectivity index (χ3n) is 5.20. The lowest BCUT2D eigenvalue weighted by Crippen LogP contribution is -2.45. The van der Waals surface area contributed by atoms with Crippen molar-refractivity contribution in [2.24, 2.45) is 11.7 Å². The van der Waals surface area contributed by atoms with Gasteiger partial charge in [0, 0.05) is 44.3 Å². The SMILES string of the molecule is CC(N)C1CCCN(C(=O)c2ccc(CN3CCOCC3)cc2)C1. The maximum Gasteiger partial charge on any atom is 0.253 e. The molecule has 2 aliphatic rings. The van der Waals surface area contributed by atoms with Crippen molar-refractivity contribution >= 4 is 5.91 Å². The molecule has 2 heterocycles. The Bertz CT molecular complexity index is 538. The highest BCUT2D eigenvalue weighted by Crippen LogP contribution is 2.21. The Balaban J connectivity index is 1.59. The number of morpholine rings is 1. The lowest BCUT2D eigenvalue weighted by Gasteiger charge is -2.34. The minimum Gasteiger partial charge on any atom is -0.379 e. The van der Waals surface area contributed by atoms with Gasteiger partial charge in [-0.05, 0) is 43.4 Å². The van der Waals surface area contributed by atoms with Crippen LogP contribution in [0.25, 0.3) is 0 Å². The average molecular weight is 331 g/mol. The molecule has 0 aromatic heterocycles. The maximum absolute atomic E-state index is 12.7. The third kappa shape index (κ3) is 4.35. The van der Waals surface area contributed by atoms with Gasteiger partial charge in [0.05, 0.1) is 13.2 Å². The largest absolute Gasteiger partial charge is 0.379 e. The molecular formula is C19H29N3O2. The Morgan fingerprint density at radius 1 is 1.25 bits per heavy atom. The predicted molar refractivity (Wildman–Crippen MR) is 94.8 cm³/mol. The summed E-state index contributed by atoms with van der Waals surface area (Å²) in [4.78, 5) is 17.1. The van der Waals surface area contributed by atoms with E-state index < -0.39 is 0 Å². The molecular weight excluding hydrogens is 302 g/mol. The van der Waals surface area contributed by atoms with E-state index in [1.165, 1.54) is 5.56 Å². The number of hydrogen-bond donors (Lipinski definition) is 1. The summed E-state index contributed by atoms with van der Waals surface area (Å²) in [5.74, 6) is 0.557. The Morgan fingerprint density at radius 2 is 1.96 bits per heavy atom. The van der Waals surface area contributed by atoms with Gasteiger partial charge in [0.15, 0.2) is 0 Å². The number of ether oxygens (including phenoxy) is 1. The molecule has 2 atom stereocenters. The lowest BCUT2D eigenvalue weighted by molar-refractivity contribution is 0.0342. The van der Waals surface area contributed by atoms with Crippen molar-refractivity contribution in [1.29, 1.82) is 0 Å². The highest BCUT2D eigenvalue weighted by atomic mass is 16.5. The molecule has 132 valence electrons. The van der Waals surface area contributed by atoms with Gasteiger partial charge in [-0.25, -0.2) is 0 Å². The summed E-state index contributed by atoms with van der Waals surface area (Å²) < 4.78 is 5.38. The number of hydrogen-bond acceptors (Lipinski definition) is 4. The zero-order valence-corrected chi connectivity index (χ0v) is 14.6. The van der Waals surface area contributed by atoms with Gasteiger partial charge in [-0.3, -0.25) is 9.69 Å². The summed E-state index contributed by atoms with van der Waals surface area (Å²) in [5.41, 5.74) is 8.06. The molecule has 0 spiro atoms. The summed E-state index contributed by atoms with van der Waals surface area (Å²) in [6, 6.07) is 8.24. The molecule has 24 heavy (non-hydrogen) atoms. The minimum absolute atomic E-state index is 0.137. The smallest absolute Gasteiger partial charge is 0.253 e. The Labute approximate surface area is 144 Å². The molecule has 5 heteroatoms. The number of nitrogens with two attached hydrogens (primary N) is 1. The summed E-state index contributed by atoms with van der Waals surface area (Å²) in [7, 11) is 0. The number of carbonyl (C=O) groups is 1. The fourth-order valence-electron chi connectivity index (χ4n) is 3.58. The Kier molecular flexibility index (Phi) is 5.87. The minimum atomic E-state index is 0.137. The zero-order chi connectivity index (χ0) is 16.9. The van der Waals surface area contributed by atoms with E-state index >= 15 is 0 Å². The monoisotopic (exact) mass is 331 g/mol. The van der Waals surface area contributed by atoms with Gasteiger partial charge in [-0.2, -0.15) is 0 Å². The molecule has 1 aromatic carbocycles. The van der Waals surface area contributed by atoms with Gasteiger partial charge in [-0.15, -0.1) is 0 Å².